The first-order valence-corrected chi connectivity index (χ1v) is 6.82. The van der Waals surface area contributed by atoms with Crippen LogP contribution in [0.15, 0.2) is 34.7 Å². The third kappa shape index (κ3) is 3.50. The highest BCUT2D eigenvalue weighted by atomic mass is 32.2. The van der Waals surface area contributed by atoms with Crippen molar-refractivity contribution >= 4 is 29.0 Å². The average Bonchev–Trinajstić information content (AvgIpc) is 2.72. The molecule has 1 aromatic carbocycles. The van der Waals surface area contributed by atoms with Crippen molar-refractivity contribution in [1.82, 2.24) is 9.36 Å². The van der Waals surface area contributed by atoms with Crippen LogP contribution in [0, 0.1) is 6.92 Å². The van der Waals surface area contributed by atoms with Crippen molar-refractivity contribution in [2.75, 3.05) is 17.6 Å². The molecule has 0 aliphatic carbocycles. The topological polar surface area (TPSA) is 37.8 Å². The Hall–Kier alpha value is -1.07. The molecule has 3 nitrogen and oxygen atoms in total. The van der Waals surface area contributed by atoms with Gasteiger partial charge in [-0.15, -0.1) is 0 Å². The Bertz CT molecular complexity index is 428. The van der Waals surface area contributed by atoms with Gasteiger partial charge in [-0.05, 0) is 30.6 Å². The van der Waals surface area contributed by atoms with E-state index in [9.17, 15) is 0 Å². The third-order valence-corrected chi connectivity index (χ3v) is 3.87. The molecule has 1 heterocycles. The van der Waals surface area contributed by atoms with Gasteiger partial charge in [-0.25, -0.2) is 4.98 Å². The number of nitrogens with one attached hydrogen (secondary N) is 1. The molecule has 2 rings (SSSR count). The van der Waals surface area contributed by atoms with Crippen LogP contribution in [0.3, 0.4) is 0 Å². The van der Waals surface area contributed by atoms with Gasteiger partial charge >= 0.3 is 0 Å². The minimum Gasteiger partial charge on any atom is -0.384 e. The third-order valence-electron chi connectivity index (χ3n) is 1.94. The monoisotopic (exact) mass is 251 g/mol. The van der Waals surface area contributed by atoms with Crippen molar-refractivity contribution in [3.63, 3.8) is 0 Å². The standard InChI is InChI=1S/C11H13N3S2/c1-9-13-11(16-14-9)15-8-7-12-10-5-3-2-4-6-10/h2-6,12H,7-8H2,1H3. The molecule has 84 valence electrons. The smallest absolute Gasteiger partial charge is 0.170 e. The maximum atomic E-state index is 4.30. The summed E-state index contributed by atoms with van der Waals surface area (Å²) in [5.41, 5.74) is 1.16. The zero-order valence-corrected chi connectivity index (χ0v) is 10.6. The van der Waals surface area contributed by atoms with E-state index in [0.29, 0.717) is 0 Å². The second-order valence-electron chi connectivity index (χ2n) is 3.25. The Labute approximate surface area is 103 Å². The summed E-state index contributed by atoms with van der Waals surface area (Å²) >= 11 is 3.21. The molecule has 16 heavy (non-hydrogen) atoms. The molecule has 2 aromatic rings. The van der Waals surface area contributed by atoms with Gasteiger partial charge in [0.1, 0.15) is 5.82 Å². The van der Waals surface area contributed by atoms with Crippen LogP contribution >= 0.6 is 23.3 Å². The van der Waals surface area contributed by atoms with Crippen LogP contribution in [0.1, 0.15) is 5.82 Å². The van der Waals surface area contributed by atoms with Crippen LogP contribution in [0.2, 0.25) is 0 Å². The van der Waals surface area contributed by atoms with Crippen molar-refractivity contribution in [3.05, 3.63) is 36.2 Å². The molecule has 1 aromatic heterocycles. The van der Waals surface area contributed by atoms with Crippen molar-refractivity contribution in [3.8, 4) is 0 Å². The van der Waals surface area contributed by atoms with Crippen molar-refractivity contribution in [2.24, 2.45) is 0 Å². The molecule has 0 bridgehead atoms. The number of hydrogen-bond donors (Lipinski definition) is 1. The number of benzene rings is 1. The highest BCUT2D eigenvalue weighted by molar-refractivity contribution is 8.00. The molecule has 0 radical (unpaired) electrons. The lowest BCUT2D eigenvalue weighted by molar-refractivity contribution is 1.10. The largest absolute Gasteiger partial charge is 0.384 e. The maximum Gasteiger partial charge on any atom is 0.170 e. The van der Waals surface area contributed by atoms with E-state index in [4.69, 9.17) is 0 Å². The second-order valence-corrected chi connectivity index (χ2v) is 5.34. The van der Waals surface area contributed by atoms with Gasteiger partial charge in [0.15, 0.2) is 4.34 Å². The number of para-hydroxylation sites is 1. The quantitative estimate of drug-likeness (QED) is 0.654. The zero-order chi connectivity index (χ0) is 11.2. The van der Waals surface area contributed by atoms with Gasteiger partial charge in [0.25, 0.3) is 0 Å². The number of aryl methyl sites for hydroxylation is 1. The van der Waals surface area contributed by atoms with Crippen LogP contribution < -0.4 is 5.32 Å². The maximum absolute atomic E-state index is 4.30. The van der Waals surface area contributed by atoms with Gasteiger partial charge in [-0.2, -0.15) is 4.37 Å². The van der Waals surface area contributed by atoms with E-state index >= 15 is 0 Å². The van der Waals surface area contributed by atoms with E-state index in [-0.39, 0.29) is 0 Å². The Morgan fingerprint density at radius 3 is 2.81 bits per heavy atom. The first-order valence-electron chi connectivity index (χ1n) is 5.06. The van der Waals surface area contributed by atoms with E-state index < -0.39 is 0 Å². The molecule has 0 fully saturated rings. The Balaban J connectivity index is 1.69. The van der Waals surface area contributed by atoms with Crippen molar-refractivity contribution in [2.45, 2.75) is 11.3 Å². The molecule has 0 aliphatic rings. The normalized spacial score (nSPS) is 10.3. The fraction of sp³-hybridized carbons (Fsp3) is 0.273. The lowest BCUT2D eigenvalue weighted by Gasteiger charge is -2.03. The van der Waals surface area contributed by atoms with Crippen LogP contribution in [0.4, 0.5) is 5.69 Å². The fourth-order valence-corrected chi connectivity index (χ4v) is 2.80. The highest BCUT2D eigenvalue weighted by Gasteiger charge is 1.99. The van der Waals surface area contributed by atoms with Crippen LogP contribution in [0.5, 0.6) is 0 Å². The van der Waals surface area contributed by atoms with Gasteiger partial charge in [0.05, 0.1) is 0 Å². The Morgan fingerprint density at radius 1 is 1.31 bits per heavy atom. The Morgan fingerprint density at radius 2 is 2.12 bits per heavy atom. The summed E-state index contributed by atoms with van der Waals surface area (Å²) in [6.45, 7) is 2.86. The van der Waals surface area contributed by atoms with Gasteiger partial charge in [-0.1, -0.05) is 30.0 Å². The van der Waals surface area contributed by atoms with E-state index in [1.807, 2.05) is 25.1 Å². The number of aromatic nitrogens is 2. The van der Waals surface area contributed by atoms with Gasteiger partial charge in [0, 0.05) is 18.0 Å². The first-order chi connectivity index (χ1) is 7.84. The zero-order valence-electron chi connectivity index (χ0n) is 9.01. The SMILES string of the molecule is Cc1nsc(SCCNc2ccccc2)n1. The molecule has 0 saturated heterocycles. The van der Waals surface area contributed by atoms with E-state index in [0.717, 1.165) is 28.1 Å². The molecule has 0 atom stereocenters. The lowest BCUT2D eigenvalue weighted by atomic mass is 10.3. The number of nitrogens with zero attached hydrogens (tertiary/aromatic N) is 2. The van der Waals surface area contributed by atoms with Gasteiger partial charge < -0.3 is 5.32 Å². The number of anilines is 1. The molecule has 5 heteroatoms. The molecule has 0 saturated carbocycles. The molecular weight excluding hydrogens is 238 g/mol. The fourth-order valence-electron chi connectivity index (χ4n) is 1.23. The van der Waals surface area contributed by atoms with E-state index in [1.165, 1.54) is 11.5 Å². The lowest BCUT2D eigenvalue weighted by Crippen LogP contribution is -2.03. The summed E-state index contributed by atoms with van der Waals surface area (Å²) in [7, 11) is 0. The van der Waals surface area contributed by atoms with Crippen LogP contribution in [-0.4, -0.2) is 21.7 Å². The number of thioether (sulfide) groups is 1. The van der Waals surface area contributed by atoms with Crippen molar-refractivity contribution < 1.29 is 0 Å². The minimum absolute atomic E-state index is 0.864. The van der Waals surface area contributed by atoms with E-state index in [1.54, 1.807) is 11.8 Å². The predicted octanol–water partition coefficient (Wildman–Crippen LogP) is 3.05. The molecule has 1 N–H and O–H groups in total. The molecule has 0 unspecified atom stereocenters. The summed E-state index contributed by atoms with van der Waals surface area (Å²) in [6.07, 6.45) is 0. The van der Waals surface area contributed by atoms with Crippen molar-refractivity contribution in [1.29, 1.82) is 0 Å². The Kier molecular flexibility index (Phi) is 4.18. The summed E-state index contributed by atoms with van der Waals surface area (Å²) in [6, 6.07) is 10.2. The van der Waals surface area contributed by atoms with E-state index in [2.05, 4.69) is 26.8 Å². The number of rotatable bonds is 5. The molecule has 0 spiro atoms. The minimum atomic E-state index is 0.864. The summed E-state index contributed by atoms with van der Waals surface area (Å²) in [5, 5.41) is 3.36. The van der Waals surface area contributed by atoms with Gasteiger partial charge in [-0.3, -0.25) is 0 Å². The summed E-state index contributed by atoms with van der Waals surface area (Å²) in [4.78, 5) is 4.30. The number of hydrogen-bond acceptors (Lipinski definition) is 5. The van der Waals surface area contributed by atoms with Crippen LogP contribution in [-0.2, 0) is 0 Å². The summed E-state index contributed by atoms with van der Waals surface area (Å²) < 4.78 is 5.19. The predicted molar refractivity (Wildman–Crippen MR) is 70.3 cm³/mol. The summed E-state index contributed by atoms with van der Waals surface area (Å²) in [5.74, 6) is 1.87. The molecule has 0 amide bonds. The highest BCUT2D eigenvalue weighted by Crippen LogP contribution is 2.19. The van der Waals surface area contributed by atoms with Crippen LogP contribution in [0.25, 0.3) is 0 Å². The first kappa shape index (κ1) is 11.4. The second kappa shape index (κ2) is 5.86. The molecular formula is C11H13N3S2. The average molecular weight is 251 g/mol. The van der Waals surface area contributed by atoms with Gasteiger partial charge in [0.2, 0.25) is 0 Å². The molecule has 0 aliphatic heterocycles.